The van der Waals surface area contributed by atoms with Crippen molar-refractivity contribution in [2.45, 2.75) is 32.6 Å². The molecule has 2 aromatic carbocycles. The predicted octanol–water partition coefficient (Wildman–Crippen LogP) is 4.59. The molecule has 2 aromatic rings. The first-order valence-corrected chi connectivity index (χ1v) is 8.03. The quantitative estimate of drug-likeness (QED) is 0.775. The molecule has 0 aliphatic carbocycles. The van der Waals surface area contributed by atoms with Crippen LogP contribution in [0.4, 0.5) is 0 Å². The van der Waals surface area contributed by atoms with Crippen molar-refractivity contribution in [2.24, 2.45) is 5.92 Å². The van der Waals surface area contributed by atoms with Gasteiger partial charge in [0, 0.05) is 0 Å². The van der Waals surface area contributed by atoms with Crippen molar-refractivity contribution in [3.8, 4) is 5.75 Å². The van der Waals surface area contributed by atoms with Crippen LogP contribution in [-0.4, -0.2) is 18.2 Å². The predicted molar refractivity (Wildman–Crippen MR) is 92.2 cm³/mol. The molecule has 0 saturated carbocycles. The number of carbonyl (C=O) groups is 1. The first kappa shape index (κ1) is 17.1. The minimum atomic E-state index is -0.915. The molecule has 1 N–H and O–H groups in total. The van der Waals surface area contributed by atoms with Gasteiger partial charge >= 0.3 is 5.97 Å². The third-order valence-corrected chi connectivity index (χ3v) is 4.04. The second-order valence-corrected chi connectivity index (χ2v) is 6.06. The number of rotatable bonds is 8. The lowest BCUT2D eigenvalue weighted by Gasteiger charge is -2.13. The maximum atomic E-state index is 11.2. The molecule has 2 rings (SSSR count). The van der Waals surface area contributed by atoms with Gasteiger partial charge in [-0.15, -0.1) is 0 Å². The van der Waals surface area contributed by atoms with Gasteiger partial charge in [0.15, 0.2) is 0 Å². The van der Waals surface area contributed by atoms with Crippen LogP contribution in [0.25, 0.3) is 0 Å². The summed E-state index contributed by atoms with van der Waals surface area (Å²) in [4.78, 5) is 11.2. The van der Waals surface area contributed by atoms with Gasteiger partial charge in [-0.1, -0.05) is 43.7 Å². The smallest absolute Gasteiger partial charge is 0.335 e. The largest absolute Gasteiger partial charge is 0.497 e. The van der Waals surface area contributed by atoms with E-state index in [-0.39, 0.29) is 5.56 Å². The number of hydrogen-bond acceptors (Lipinski definition) is 2. The lowest BCUT2D eigenvalue weighted by atomic mass is 9.94. The number of aromatic carboxylic acids is 1. The van der Waals surface area contributed by atoms with Crippen molar-refractivity contribution < 1.29 is 14.6 Å². The molecule has 3 nitrogen and oxygen atoms in total. The lowest BCUT2D eigenvalue weighted by molar-refractivity contribution is 0.0696. The molecule has 0 fully saturated rings. The third-order valence-electron chi connectivity index (χ3n) is 4.04. The summed E-state index contributed by atoms with van der Waals surface area (Å²) in [5.74, 6) is 0.200. The van der Waals surface area contributed by atoms with E-state index in [9.17, 15) is 9.90 Å². The van der Waals surface area contributed by atoms with E-state index < -0.39 is 5.97 Å². The molecule has 0 amide bonds. The van der Waals surface area contributed by atoms with Gasteiger partial charge in [0.05, 0.1) is 12.7 Å². The normalized spacial score (nSPS) is 11.9. The Morgan fingerprint density at radius 2 is 1.87 bits per heavy atom. The van der Waals surface area contributed by atoms with E-state index in [1.807, 2.05) is 12.1 Å². The average molecular weight is 312 g/mol. The van der Waals surface area contributed by atoms with E-state index in [1.54, 1.807) is 19.2 Å². The van der Waals surface area contributed by atoms with Gasteiger partial charge in [0.1, 0.15) is 5.75 Å². The zero-order valence-electron chi connectivity index (χ0n) is 13.8. The summed E-state index contributed by atoms with van der Waals surface area (Å²) in [7, 11) is 1.56. The molecule has 0 aliphatic heterocycles. The number of aryl methyl sites for hydroxylation is 1. The van der Waals surface area contributed by atoms with Crippen LogP contribution >= 0.6 is 0 Å². The minimum Gasteiger partial charge on any atom is -0.497 e. The molecule has 0 aromatic heterocycles. The molecule has 0 unspecified atom stereocenters. The molecule has 122 valence electrons. The Morgan fingerprint density at radius 3 is 2.52 bits per heavy atom. The van der Waals surface area contributed by atoms with Gasteiger partial charge in [-0.05, 0) is 54.5 Å². The molecule has 0 saturated heterocycles. The van der Waals surface area contributed by atoms with E-state index >= 15 is 0 Å². The van der Waals surface area contributed by atoms with Crippen LogP contribution in [0.5, 0.6) is 5.75 Å². The Hall–Kier alpha value is -2.29. The highest BCUT2D eigenvalue weighted by atomic mass is 16.5. The van der Waals surface area contributed by atoms with E-state index in [2.05, 4.69) is 31.2 Å². The highest BCUT2D eigenvalue weighted by molar-refractivity contribution is 5.88. The molecular weight excluding hydrogens is 288 g/mol. The summed E-state index contributed by atoms with van der Waals surface area (Å²) in [5.41, 5.74) is 2.68. The molecule has 0 heterocycles. The second-order valence-electron chi connectivity index (χ2n) is 6.06. The SMILES string of the molecule is COc1cc(C[C@H](C)CCCc2ccccc2)cc(C(=O)O)c1. The lowest BCUT2D eigenvalue weighted by Crippen LogP contribution is -2.04. The molecule has 1 atom stereocenters. The van der Waals surface area contributed by atoms with Crippen molar-refractivity contribution in [1.82, 2.24) is 0 Å². The Morgan fingerprint density at radius 1 is 1.13 bits per heavy atom. The van der Waals surface area contributed by atoms with E-state index in [4.69, 9.17) is 4.74 Å². The van der Waals surface area contributed by atoms with Gasteiger partial charge in [-0.2, -0.15) is 0 Å². The van der Waals surface area contributed by atoms with Crippen LogP contribution in [0.1, 0.15) is 41.3 Å². The van der Waals surface area contributed by atoms with Gasteiger partial charge in [-0.25, -0.2) is 4.79 Å². The van der Waals surface area contributed by atoms with E-state index in [0.29, 0.717) is 11.7 Å². The maximum Gasteiger partial charge on any atom is 0.335 e. The summed E-state index contributed by atoms with van der Waals surface area (Å²) in [6, 6.07) is 15.7. The van der Waals surface area contributed by atoms with Crippen LogP contribution in [0.3, 0.4) is 0 Å². The van der Waals surface area contributed by atoms with E-state index in [1.165, 1.54) is 5.56 Å². The van der Waals surface area contributed by atoms with Crippen molar-refractivity contribution in [3.63, 3.8) is 0 Å². The number of benzene rings is 2. The van der Waals surface area contributed by atoms with Gasteiger partial charge in [0.2, 0.25) is 0 Å². The average Bonchev–Trinajstić information content (AvgIpc) is 2.55. The summed E-state index contributed by atoms with van der Waals surface area (Å²) in [6.07, 6.45) is 4.21. The number of ether oxygens (including phenoxy) is 1. The first-order valence-electron chi connectivity index (χ1n) is 8.03. The summed E-state index contributed by atoms with van der Waals surface area (Å²) >= 11 is 0. The summed E-state index contributed by atoms with van der Waals surface area (Å²) in [6.45, 7) is 2.21. The monoisotopic (exact) mass is 312 g/mol. The Bertz CT molecular complexity index is 635. The molecule has 0 spiro atoms. The maximum absolute atomic E-state index is 11.2. The molecular formula is C20H24O3. The fourth-order valence-corrected chi connectivity index (χ4v) is 2.82. The summed E-state index contributed by atoms with van der Waals surface area (Å²) in [5, 5.41) is 9.18. The van der Waals surface area contributed by atoms with Crippen LogP contribution in [0, 0.1) is 5.92 Å². The van der Waals surface area contributed by atoms with Crippen molar-refractivity contribution in [2.75, 3.05) is 7.11 Å². The zero-order chi connectivity index (χ0) is 16.7. The van der Waals surface area contributed by atoms with Crippen molar-refractivity contribution >= 4 is 5.97 Å². The third kappa shape index (κ3) is 5.44. The number of carboxylic acids is 1. The summed E-state index contributed by atoms with van der Waals surface area (Å²) < 4.78 is 5.20. The van der Waals surface area contributed by atoms with Crippen LogP contribution in [0.15, 0.2) is 48.5 Å². The number of methoxy groups -OCH3 is 1. The molecule has 0 bridgehead atoms. The molecule has 0 radical (unpaired) electrons. The molecule has 23 heavy (non-hydrogen) atoms. The zero-order valence-corrected chi connectivity index (χ0v) is 13.8. The van der Waals surface area contributed by atoms with Crippen molar-refractivity contribution in [1.29, 1.82) is 0 Å². The van der Waals surface area contributed by atoms with Crippen LogP contribution in [0.2, 0.25) is 0 Å². The van der Waals surface area contributed by atoms with Gasteiger partial charge in [-0.3, -0.25) is 0 Å². The standard InChI is InChI=1S/C20H24O3/c1-15(7-6-10-16-8-4-3-5-9-16)11-17-12-18(20(21)22)14-19(13-17)23-2/h3-5,8-9,12-15H,6-7,10-11H2,1-2H3,(H,21,22)/t15-/m1/s1. The van der Waals surface area contributed by atoms with Gasteiger partial charge < -0.3 is 9.84 Å². The minimum absolute atomic E-state index is 0.288. The van der Waals surface area contributed by atoms with Crippen LogP contribution in [-0.2, 0) is 12.8 Å². The second kappa shape index (κ2) is 8.37. The van der Waals surface area contributed by atoms with Gasteiger partial charge in [0.25, 0.3) is 0 Å². The topological polar surface area (TPSA) is 46.5 Å². The molecule has 0 aliphatic rings. The highest BCUT2D eigenvalue weighted by Gasteiger charge is 2.10. The Balaban J connectivity index is 1.90. The fraction of sp³-hybridized carbons (Fsp3) is 0.350. The fourth-order valence-electron chi connectivity index (χ4n) is 2.82. The molecule has 3 heteroatoms. The van der Waals surface area contributed by atoms with Crippen LogP contribution < -0.4 is 4.74 Å². The Kier molecular flexibility index (Phi) is 6.21. The van der Waals surface area contributed by atoms with Crippen molar-refractivity contribution in [3.05, 3.63) is 65.2 Å². The number of carboxylic acid groups (broad SMARTS) is 1. The van der Waals surface area contributed by atoms with E-state index in [0.717, 1.165) is 31.2 Å². The first-order chi connectivity index (χ1) is 11.1. The highest BCUT2D eigenvalue weighted by Crippen LogP contribution is 2.22. The number of hydrogen-bond donors (Lipinski definition) is 1. The Labute approximate surface area is 137 Å².